The topological polar surface area (TPSA) is 166 Å². The lowest BCUT2D eigenvalue weighted by Gasteiger charge is -2.29. The van der Waals surface area contributed by atoms with Gasteiger partial charge in [0.1, 0.15) is 12.0 Å². The van der Waals surface area contributed by atoms with Gasteiger partial charge in [0.2, 0.25) is 10.0 Å². The van der Waals surface area contributed by atoms with E-state index in [0.717, 1.165) is 23.0 Å². The first-order chi connectivity index (χ1) is 21.6. The van der Waals surface area contributed by atoms with Gasteiger partial charge in [0.25, 0.3) is 12.3 Å². The molecule has 1 amide bonds. The number of sulfonamides is 1. The lowest BCUT2D eigenvalue weighted by molar-refractivity contribution is -0.129. The zero-order valence-electron chi connectivity index (χ0n) is 24.0. The molecule has 2 atom stereocenters. The Balaban J connectivity index is 1.32. The number of guanidine groups is 1. The van der Waals surface area contributed by atoms with Gasteiger partial charge >= 0.3 is 0 Å². The Morgan fingerprint density at radius 1 is 1.13 bits per heavy atom. The summed E-state index contributed by atoms with van der Waals surface area (Å²) in [6.45, 7) is 2.47. The van der Waals surface area contributed by atoms with Crippen molar-refractivity contribution in [3.8, 4) is 16.9 Å². The average molecular weight is 659 g/mol. The molecule has 1 saturated carbocycles. The van der Waals surface area contributed by atoms with Crippen molar-refractivity contribution in [2.45, 2.75) is 56.5 Å². The van der Waals surface area contributed by atoms with Crippen LogP contribution in [0.3, 0.4) is 0 Å². The normalized spacial score (nSPS) is 17.7. The summed E-state index contributed by atoms with van der Waals surface area (Å²) in [5.74, 6) is -1.25. The highest BCUT2D eigenvalue weighted by Gasteiger charge is 2.41. The number of nitrogens with zero attached hydrogens (tertiary/aromatic N) is 8. The fourth-order valence-corrected chi connectivity index (χ4v) is 6.71. The van der Waals surface area contributed by atoms with Gasteiger partial charge in [-0.3, -0.25) is 9.69 Å². The van der Waals surface area contributed by atoms with Crippen LogP contribution in [0.1, 0.15) is 61.6 Å². The molecule has 45 heavy (non-hydrogen) atoms. The number of benzene rings is 2. The first-order valence-electron chi connectivity index (χ1n) is 14.2. The van der Waals surface area contributed by atoms with E-state index in [-0.39, 0.29) is 23.2 Å². The lowest BCUT2D eigenvalue weighted by Crippen LogP contribution is -2.46. The third-order valence-electron chi connectivity index (χ3n) is 7.57. The van der Waals surface area contributed by atoms with Crippen LogP contribution in [0.4, 0.5) is 8.78 Å². The minimum absolute atomic E-state index is 0.0715. The third kappa shape index (κ3) is 6.17. The SMILES string of the molecule is CCCn1ncc(-c2ccc([C@H]3N=C(N)N([C@H](CNS(=O)(=O)C4CC4)c4ccc(Cl)c(-n5ncnc5C(F)F)c4)C3=O)cc2)n1. The van der Waals surface area contributed by atoms with Crippen LogP contribution < -0.4 is 10.5 Å². The number of halogens is 3. The van der Waals surface area contributed by atoms with E-state index >= 15 is 0 Å². The Labute approximate surface area is 262 Å². The largest absolute Gasteiger partial charge is 0.369 e. The van der Waals surface area contributed by atoms with Crippen molar-refractivity contribution in [1.82, 2.24) is 39.4 Å². The van der Waals surface area contributed by atoms with Gasteiger partial charge in [0, 0.05) is 12.1 Å². The summed E-state index contributed by atoms with van der Waals surface area (Å²) in [7, 11) is -3.67. The molecule has 4 aromatic rings. The second kappa shape index (κ2) is 12.3. The van der Waals surface area contributed by atoms with E-state index in [0.29, 0.717) is 36.2 Å². The Morgan fingerprint density at radius 3 is 2.58 bits per heavy atom. The molecule has 2 aliphatic rings. The highest BCUT2D eigenvalue weighted by Crippen LogP contribution is 2.36. The third-order valence-corrected chi connectivity index (χ3v) is 9.80. The van der Waals surface area contributed by atoms with Crippen LogP contribution in [0, 0.1) is 0 Å². The highest BCUT2D eigenvalue weighted by atomic mass is 35.5. The van der Waals surface area contributed by atoms with Crippen molar-refractivity contribution < 1.29 is 22.0 Å². The van der Waals surface area contributed by atoms with Crippen LogP contribution in [-0.2, 0) is 21.4 Å². The lowest BCUT2D eigenvalue weighted by atomic mass is 10.0. The predicted octanol–water partition coefficient (Wildman–Crippen LogP) is 3.55. The molecule has 1 fully saturated rings. The zero-order chi connectivity index (χ0) is 31.9. The molecule has 17 heteroatoms. The van der Waals surface area contributed by atoms with Crippen LogP contribution in [0.5, 0.6) is 0 Å². The summed E-state index contributed by atoms with van der Waals surface area (Å²) in [6, 6.07) is 9.59. The van der Waals surface area contributed by atoms with Gasteiger partial charge in [-0.25, -0.2) is 36.6 Å². The van der Waals surface area contributed by atoms with Crippen molar-refractivity contribution in [2.24, 2.45) is 10.7 Å². The molecule has 0 spiro atoms. The Kier molecular flexibility index (Phi) is 8.37. The summed E-state index contributed by atoms with van der Waals surface area (Å²) in [5.41, 5.74) is 8.81. The van der Waals surface area contributed by atoms with E-state index < -0.39 is 45.5 Å². The quantitative estimate of drug-likeness (QED) is 0.233. The molecular formula is C28H29ClF2N10O3S. The second-order valence-electron chi connectivity index (χ2n) is 10.7. The van der Waals surface area contributed by atoms with Crippen molar-refractivity contribution in [2.75, 3.05) is 6.54 Å². The first-order valence-corrected chi connectivity index (χ1v) is 16.1. The number of carbonyl (C=O) groups excluding carboxylic acids is 1. The predicted molar refractivity (Wildman–Crippen MR) is 161 cm³/mol. The molecule has 0 bridgehead atoms. The maximum absolute atomic E-state index is 13.9. The van der Waals surface area contributed by atoms with Gasteiger partial charge < -0.3 is 5.73 Å². The van der Waals surface area contributed by atoms with Crippen LogP contribution in [0.2, 0.25) is 5.02 Å². The Morgan fingerprint density at radius 2 is 1.89 bits per heavy atom. The Bertz CT molecular complexity index is 1860. The van der Waals surface area contributed by atoms with Crippen LogP contribution in [0.15, 0.2) is 60.0 Å². The fourth-order valence-electron chi connectivity index (χ4n) is 5.13. The van der Waals surface area contributed by atoms with Crippen LogP contribution >= 0.6 is 11.6 Å². The van der Waals surface area contributed by atoms with Gasteiger partial charge in [0.05, 0.1) is 34.7 Å². The number of alkyl halides is 2. The summed E-state index contributed by atoms with van der Waals surface area (Å²) in [4.78, 5) is 24.8. The molecule has 2 aromatic heterocycles. The van der Waals surface area contributed by atoms with Gasteiger partial charge in [0.15, 0.2) is 17.8 Å². The van der Waals surface area contributed by atoms with Gasteiger partial charge in [-0.2, -0.15) is 20.1 Å². The smallest absolute Gasteiger partial charge is 0.297 e. The molecule has 3 N–H and O–H groups in total. The van der Waals surface area contributed by atoms with Crippen molar-refractivity contribution in [1.29, 1.82) is 0 Å². The molecule has 0 unspecified atom stereocenters. The number of nitrogens with two attached hydrogens (primary N) is 1. The minimum atomic E-state index is -3.67. The monoisotopic (exact) mass is 658 g/mol. The number of rotatable bonds is 12. The summed E-state index contributed by atoms with van der Waals surface area (Å²) in [5, 5.41) is 12.2. The highest BCUT2D eigenvalue weighted by molar-refractivity contribution is 7.90. The number of aromatic nitrogens is 6. The zero-order valence-corrected chi connectivity index (χ0v) is 25.5. The second-order valence-corrected chi connectivity index (χ2v) is 13.1. The number of aryl methyl sites for hydroxylation is 1. The van der Waals surface area contributed by atoms with Gasteiger partial charge in [-0.15, -0.1) is 0 Å². The first kappa shape index (κ1) is 30.7. The molecule has 6 rings (SSSR count). The molecule has 1 aliphatic heterocycles. The van der Waals surface area contributed by atoms with E-state index in [2.05, 4.69) is 30.0 Å². The number of amides is 1. The number of aliphatic imine (C=N–C) groups is 1. The molecule has 236 valence electrons. The standard InChI is InChI=1S/C28H29ClF2N10O3S/c1-2-11-39-34-13-21(38-39)16-3-5-17(6-4-16)24-27(42)40(28(32)37-24)23(14-36-45(43,44)19-8-9-19)18-7-10-20(29)22(12-18)41-26(25(30)31)33-15-35-41/h3-7,10,12-13,15,19,23-25,36H,2,8-9,11,14H2,1H3,(H2,32,37)/t23-,24-/m1/s1. The molecule has 0 saturated heterocycles. The van der Waals surface area contributed by atoms with Gasteiger partial charge in [-0.05, 0) is 42.5 Å². The fraction of sp³-hybridized carbons (Fsp3) is 0.357. The van der Waals surface area contributed by atoms with Crippen LogP contribution in [-0.4, -0.2) is 66.7 Å². The molecular weight excluding hydrogens is 630 g/mol. The molecule has 1 aliphatic carbocycles. The summed E-state index contributed by atoms with van der Waals surface area (Å²) in [6.07, 6.45) is 1.67. The van der Waals surface area contributed by atoms with Crippen molar-refractivity contribution in [3.63, 3.8) is 0 Å². The van der Waals surface area contributed by atoms with Crippen molar-refractivity contribution >= 4 is 33.5 Å². The van der Waals surface area contributed by atoms with Gasteiger partial charge in [-0.1, -0.05) is 48.9 Å². The average Bonchev–Trinajstić information content (AvgIpc) is 3.47. The number of carbonyl (C=O) groups is 1. The van der Waals surface area contributed by atoms with E-state index in [4.69, 9.17) is 17.3 Å². The van der Waals surface area contributed by atoms with E-state index in [9.17, 15) is 22.0 Å². The summed E-state index contributed by atoms with van der Waals surface area (Å²) >= 11 is 6.38. The van der Waals surface area contributed by atoms with Crippen molar-refractivity contribution in [3.05, 3.63) is 77.0 Å². The molecule has 13 nitrogen and oxygen atoms in total. The van der Waals surface area contributed by atoms with E-state index in [1.165, 1.54) is 17.0 Å². The number of hydrogen-bond donors (Lipinski definition) is 2. The number of nitrogens with one attached hydrogen (secondary N) is 1. The minimum Gasteiger partial charge on any atom is -0.369 e. The molecule has 0 radical (unpaired) electrons. The maximum Gasteiger partial charge on any atom is 0.297 e. The molecule has 2 aromatic carbocycles. The summed E-state index contributed by atoms with van der Waals surface area (Å²) < 4.78 is 56.4. The maximum atomic E-state index is 13.9. The molecule has 3 heterocycles. The van der Waals surface area contributed by atoms with E-state index in [1.54, 1.807) is 29.2 Å². The Hall–Kier alpha value is -4.28. The number of hydrogen-bond acceptors (Lipinski definition) is 9. The van der Waals surface area contributed by atoms with E-state index in [1.807, 2.05) is 19.1 Å². The van der Waals surface area contributed by atoms with Crippen LogP contribution in [0.25, 0.3) is 16.9 Å².